The van der Waals surface area contributed by atoms with E-state index in [1.54, 1.807) is 0 Å². The van der Waals surface area contributed by atoms with Crippen LogP contribution in [0.4, 0.5) is 0 Å². The molecule has 4 heteroatoms. The molecule has 0 N–H and O–H groups in total. The number of ether oxygens (including phenoxy) is 1. The predicted octanol–water partition coefficient (Wildman–Crippen LogP) is 2.61. The van der Waals surface area contributed by atoms with E-state index in [2.05, 4.69) is 9.97 Å². The molecule has 0 amide bonds. The molecular weight excluding hydrogens is 200 g/mol. The van der Waals surface area contributed by atoms with Crippen molar-refractivity contribution in [2.45, 2.75) is 32.1 Å². The summed E-state index contributed by atoms with van der Waals surface area (Å²) in [7, 11) is 0. The van der Waals surface area contributed by atoms with E-state index in [-0.39, 0.29) is 11.3 Å². The Kier molecular flexibility index (Phi) is 4.14. The molecule has 0 aromatic carbocycles. The Morgan fingerprint density at radius 1 is 1.43 bits per heavy atom. The van der Waals surface area contributed by atoms with Crippen LogP contribution in [0, 0.1) is 0 Å². The Morgan fingerprint density at radius 2 is 2.14 bits per heavy atom. The molecule has 1 rings (SSSR count). The first-order valence-electron chi connectivity index (χ1n) is 4.74. The van der Waals surface area contributed by atoms with Crippen molar-refractivity contribution in [3.05, 3.63) is 18.1 Å². The zero-order valence-electron chi connectivity index (χ0n) is 8.70. The third-order valence-electron chi connectivity index (χ3n) is 2.11. The van der Waals surface area contributed by atoms with Crippen LogP contribution in [-0.4, -0.2) is 22.0 Å². The van der Waals surface area contributed by atoms with Crippen molar-refractivity contribution in [2.24, 2.45) is 0 Å². The number of nitrogens with zero attached hydrogens (tertiary/aromatic N) is 2. The molecule has 0 bridgehead atoms. The molecule has 0 spiro atoms. The van der Waals surface area contributed by atoms with Crippen LogP contribution in [-0.2, 0) is 0 Å². The maximum absolute atomic E-state index is 5.99. The number of aromatic nitrogens is 2. The molecule has 2 unspecified atom stereocenters. The lowest BCUT2D eigenvalue weighted by molar-refractivity contribution is 0.325. The minimum absolute atomic E-state index is 0.0550. The number of rotatable bonds is 4. The molecule has 0 aliphatic carbocycles. The molecule has 2 atom stereocenters. The second-order valence-corrected chi connectivity index (χ2v) is 3.87. The van der Waals surface area contributed by atoms with Crippen molar-refractivity contribution >= 4 is 11.6 Å². The maximum atomic E-state index is 5.99. The average Bonchev–Trinajstić information content (AvgIpc) is 2.17. The second-order valence-electron chi connectivity index (χ2n) is 3.18. The van der Waals surface area contributed by atoms with Crippen molar-refractivity contribution < 1.29 is 4.74 Å². The minimum Gasteiger partial charge on any atom is -0.478 e. The highest BCUT2D eigenvalue weighted by molar-refractivity contribution is 6.20. The molecule has 1 aromatic rings. The molecular formula is C10H15ClN2O. The van der Waals surface area contributed by atoms with Crippen LogP contribution in [0.25, 0.3) is 0 Å². The third kappa shape index (κ3) is 2.84. The minimum atomic E-state index is 0.0550. The molecule has 0 saturated heterocycles. The Hall–Kier alpha value is -0.830. The molecule has 0 saturated carbocycles. The van der Waals surface area contributed by atoms with Crippen LogP contribution >= 0.6 is 11.6 Å². The Labute approximate surface area is 89.5 Å². The summed E-state index contributed by atoms with van der Waals surface area (Å²) in [5.74, 6) is 0.820. The maximum Gasteiger partial charge on any atom is 0.216 e. The van der Waals surface area contributed by atoms with E-state index in [4.69, 9.17) is 16.3 Å². The molecule has 14 heavy (non-hydrogen) atoms. The van der Waals surface area contributed by atoms with Gasteiger partial charge in [0, 0.05) is 17.4 Å². The van der Waals surface area contributed by atoms with Gasteiger partial charge >= 0.3 is 0 Å². The standard InChI is InChI=1S/C10H15ClN2O/c1-4-14-10-5-9(12-6-13-10)7(2)8(3)11/h5-8H,4H2,1-3H3. The van der Waals surface area contributed by atoms with E-state index in [1.807, 2.05) is 26.8 Å². The quantitative estimate of drug-likeness (QED) is 0.723. The summed E-state index contributed by atoms with van der Waals surface area (Å²) in [6, 6.07) is 1.84. The fraction of sp³-hybridized carbons (Fsp3) is 0.600. The topological polar surface area (TPSA) is 35.0 Å². The molecule has 1 heterocycles. The zero-order chi connectivity index (χ0) is 10.6. The largest absolute Gasteiger partial charge is 0.478 e. The summed E-state index contributed by atoms with van der Waals surface area (Å²) < 4.78 is 5.28. The lowest BCUT2D eigenvalue weighted by Gasteiger charge is -2.13. The normalized spacial score (nSPS) is 14.9. The van der Waals surface area contributed by atoms with E-state index in [0.29, 0.717) is 12.5 Å². The van der Waals surface area contributed by atoms with Crippen molar-refractivity contribution in [1.29, 1.82) is 0 Å². The number of alkyl halides is 1. The van der Waals surface area contributed by atoms with Crippen molar-refractivity contribution in [3.8, 4) is 5.88 Å². The van der Waals surface area contributed by atoms with E-state index in [1.165, 1.54) is 6.33 Å². The summed E-state index contributed by atoms with van der Waals surface area (Å²) >= 11 is 5.99. The molecule has 1 aromatic heterocycles. The molecule has 78 valence electrons. The van der Waals surface area contributed by atoms with Gasteiger partial charge in [-0.15, -0.1) is 11.6 Å². The highest BCUT2D eigenvalue weighted by Gasteiger charge is 2.13. The van der Waals surface area contributed by atoms with Crippen LogP contribution in [0.2, 0.25) is 0 Å². The van der Waals surface area contributed by atoms with Gasteiger partial charge in [0.1, 0.15) is 6.33 Å². The molecule has 0 fully saturated rings. The van der Waals surface area contributed by atoms with Crippen LogP contribution in [0.3, 0.4) is 0 Å². The van der Waals surface area contributed by atoms with Crippen LogP contribution in [0.5, 0.6) is 5.88 Å². The van der Waals surface area contributed by atoms with E-state index in [0.717, 1.165) is 5.69 Å². The molecule has 3 nitrogen and oxygen atoms in total. The monoisotopic (exact) mass is 214 g/mol. The van der Waals surface area contributed by atoms with E-state index >= 15 is 0 Å². The molecule has 0 aliphatic heterocycles. The van der Waals surface area contributed by atoms with Crippen molar-refractivity contribution in [2.75, 3.05) is 6.61 Å². The third-order valence-corrected chi connectivity index (χ3v) is 2.49. The highest BCUT2D eigenvalue weighted by atomic mass is 35.5. The molecule has 0 aliphatic rings. The summed E-state index contributed by atoms with van der Waals surface area (Å²) in [5, 5.41) is 0.0550. The van der Waals surface area contributed by atoms with Gasteiger partial charge in [-0.25, -0.2) is 9.97 Å². The number of hydrogen-bond donors (Lipinski definition) is 0. The van der Waals surface area contributed by atoms with Gasteiger partial charge in [-0.3, -0.25) is 0 Å². The summed E-state index contributed by atoms with van der Waals surface area (Å²) in [5.41, 5.74) is 0.922. The van der Waals surface area contributed by atoms with Gasteiger partial charge in [0.25, 0.3) is 0 Å². The van der Waals surface area contributed by atoms with Gasteiger partial charge in [-0.1, -0.05) is 6.92 Å². The first kappa shape index (κ1) is 11.2. The summed E-state index contributed by atoms with van der Waals surface area (Å²) in [4.78, 5) is 8.16. The number of halogens is 1. The highest BCUT2D eigenvalue weighted by Crippen LogP contribution is 2.22. The first-order valence-corrected chi connectivity index (χ1v) is 5.17. The van der Waals surface area contributed by atoms with Crippen LogP contribution in [0.15, 0.2) is 12.4 Å². The van der Waals surface area contributed by atoms with Gasteiger partial charge in [0.05, 0.1) is 12.3 Å². The SMILES string of the molecule is CCOc1cc(C(C)C(C)Cl)ncn1. The number of hydrogen-bond acceptors (Lipinski definition) is 3. The van der Waals surface area contributed by atoms with E-state index in [9.17, 15) is 0 Å². The smallest absolute Gasteiger partial charge is 0.216 e. The fourth-order valence-corrected chi connectivity index (χ4v) is 1.19. The van der Waals surface area contributed by atoms with Crippen LogP contribution in [0.1, 0.15) is 32.4 Å². The average molecular weight is 215 g/mol. The Balaban J connectivity index is 2.82. The fourth-order valence-electron chi connectivity index (χ4n) is 1.06. The summed E-state index contributed by atoms with van der Waals surface area (Å²) in [6.07, 6.45) is 1.51. The van der Waals surface area contributed by atoms with Crippen molar-refractivity contribution in [1.82, 2.24) is 9.97 Å². The van der Waals surface area contributed by atoms with Gasteiger partial charge < -0.3 is 4.74 Å². The van der Waals surface area contributed by atoms with Crippen molar-refractivity contribution in [3.63, 3.8) is 0 Å². The lowest BCUT2D eigenvalue weighted by atomic mass is 10.0. The summed E-state index contributed by atoms with van der Waals surface area (Å²) in [6.45, 7) is 6.53. The second kappa shape index (κ2) is 5.15. The van der Waals surface area contributed by atoms with Gasteiger partial charge in [0.2, 0.25) is 5.88 Å². The zero-order valence-corrected chi connectivity index (χ0v) is 9.45. The van der Waals surface area contributed by atoms with Crippen LogP contribution < -0.4 is 4.74 Å². The first-order chi connectivity index (χ1) is 6.65. The van der Waals surface area contributed by atoms with Gasteiger partial charge in [-0.2, -0.15) is 0 Å². The van der Waals surface area contributed by atoms with Gasteiger partial charge in [0.15, 0.2) is 0 Å². The van der Waals surface area contributed by atoms with Gasteiger partial charge in [-0.05, 0) is 13.8 Å². The predicted molar refractivity (Wildman–Crippen MR) is 56.9 cm³/mol. The molecule has 0 radical (unpaired) electrons. The Morgan fingerprint density at radius 3 is 2.71 bits per heavy atom. The van der Waals surface area contributed by atoms with E-state index < -0.39 is 0 Å². The lowest BCUT2D eigenvalue weighted by Crippen LogP contribution is -2.08. The Bertz CT molecular complexity index is 291.